The monoisotopic (exact) mass is 323 g/mol. The number of alkyl halides is 1. The van der Waals surface area contributed by atoms with Crippen LogP contribution in [0.1, 0.15) is 32.5 Å². The van der Waals surface area contributed by atoms with Crippen LogP contribution < -0.4 is 4.72 Å². The van der Waals surface area contributed by atoms with Gasteiger partial charge in [-0.3, -0.25) is 0 Å². The fourth-order valence-corrected chi connectivity index (χ4v) is 2.97. The molecular weight excluding hydrogens is 306 g/mol. The zero-order chi connectivity index (χ0) is 12.9. The van der Waals surface area contributed by atoms with Gasteiger partial charge in [-0.15, -0.1) is 0 Å². The Kier molecular flexibility index (Phi) is 5.61. The minimum Gasteiger partial charge on any atom is -0.332 e. The zero-order valence-electron chi connectivity index (χ0n) is 10.0. The van der Waals surface area contributed by atoms with Crippen molar-refractivity contribution in [3.8, 4) is 0 Å². The van der Waals surface area contributed by atoms with Gasteiger partial charge in [-0.2, -0.15) is 0 Å². The summed E-state index contributed by atoms with van der Waals surface area (Å²) in [5.41, 5.74) is 0. The van der Waals surface area contributed by atoms with Crippen molar-refractivity contribution in [2.75, 3.05) is 5.33 Å². The first-order valence-electron chi connectivity index (χ1n) is 5.61. The second kappa shape index (κ2) is 6.51. The van der Waals surface area contributed by atoms with Gasteiger partial charge in [-0.05, 0) is 19.8 Å². The Balaban J connectivity index is 2.68. The lowest BCUT2D eigenvalue weighted by Gasteiger charge is -2.12. The molecule has 1 atom stereocenters. The van der Waals surface area contributed by atoms with Crippen molar-refractivity contribution in [3.63, 3.8) is 0 Å². The highest BCUT2D eigenvalue weighted by atomic mass is 79.9. The lowest BCUT2D eigenvalue weighted by atomic mass is 10.2. The molecule has 98 valence electrons. The van der Waals surface area contributed by atoms with Gasteiger partial charge < -0.3 is 4.98 Å². The highest BCUT2D eigenvalue weighted by Crippen LogP contribution is 2.08. The number of imidazole rings is 1. The molecule has 1 rings (SSSR count). The van der Waals surface area contributed by atoms with E-state index in [4.69, 9.17) is 0 Å². The predicted octanol–water partition coefficient (Wildman–Crippen LogP) is 1.81. The first kappa shape index (κ1) is 14.7. The number of nitrogens with zero attached hydrogens (tertiary/aromatic N) is 1. The number of hydrogen-bond acceptors (Lipinski definition) is 3. The van der Waals surface area contributed by atoms with E-state index < -0.39 is 10.0 Å². The maximum absolute atomic E-state index is 11.9. The van der Waals surface area contributed by atoms with Crippen molar-refractivity contribution >= 4 is 26.0 Å². The topological polar surface area (TPSA) is 74.8 Å². The summed E-state index contributed by atoms with van der Waals surface area (Å²) in [7, 11) is -3.46. The third-order valence-electron chi connectivity index (χ3n) is 2.36. The molecule has 0 aliphatic carbocycles. The van der Waals surface area contributed by atoms with E-state index in [0.29, 0.717) is 12.2 Å². The Bertz CT molecular complexity index is 444. The molecule has 0 bridgehead atoms. The fraction of sp³-hybridized carbons (Fsp3) is 0.700. The minimum atomic E-state index is -3.46. The molecule has 0 saturated carbocycles. The van der Waals surface area contributed by atoms with Gasteiger partial charge in [0, 0.05) is 17.8 Å². The number of aromatic nitrogens is 2. The van der Waals surface area contributed by atoms with E-state index in [1.54, 1.807) is 0 Å². The van der Waals surface area contributed by atoms with Crippen LogP contribution in [0.25, 0.3) is 0 Å². The van der Waals surface area contributed by atoms with Crippen molar-refractivity contribution in [2.24, 2.45) is 0 Å². The second-order valence-corrected chi connectivity index (χ2v) is 6.38. The Labute approximate surface area is 111 Å². The summed E-state index contributed by atoms with van der Waals surface area (Å²) >= 11 is 3.32. The molecule has 1 aromatic rings. The maximum atomic E-state index is 11.9. The molecule has 17 heavy (non-hydrogen) atoms. The molecule has 0 amide bonds. The zero-order valence-corrected chi connectivity index (χ0v) is 12.4. The van der Waals surface area contributed by atoms with Crippen molar-refractivity contribution in [1.29, 1.82) is 0 Å². The number of halogens is 1. The Morgan fingerprint density at radius 3 is 2.82 bits per heavy atom. The van der Waals surface area contributed by atoms with E-state index in [-0.39, 0.29) is 11.1 Å². The van der Waals surface area contributed by atoms with Gasteiger partial charge in [-0.25, -0.2) is 18.1 Å². The number of nitrogens with one attached hydrogen (secondary N) is 2. The molecule has 0 aliphatic heterocycles. The molecule has 0 saturated heterocycles. The Morgan fingerprint density at radius 2 is 2.29 bits per heavy atom. The number of H-pyrrole nitrogens is 1. The molecule has 0 aromatic carbocycles. The van der Waals surface area contributed by atoms with Gasteiger partial charge in [0.1, 0.15) is 5.82 Å². The second-order valence-electron chi connectivity index (χ2n) is 3.90. The number of aryl methyl sites for hydroxylation is 1. The van der Waals surface area contributed by atoms with E-state index in [9.17, 15) is 8.42 Å². The summed E-state index contributed by atoms with van der Waals surface area (Å²) in [5.74, 6) is 0.679. The van der Waals surface area contributed by atoms with Gasteiger partial charge in [0.05, 0.1) is 6.20 Å². The van der Waals surface area contributed by atoms with Crippen LogP contribution in [-0.2, 0) is 16.4 Å². The SMILES string of the molecule is CCc1ncc(S(=O)(=O)NC(C)CCCBr)[nH]1. The normalized spacial score (nSPS) is 13.8. The van der Waals surface area contributed by atoms with Crippen LogP contribution in [0.4, 0.5) is 0 Å². The molecular formula is C10H18BrN3O2S. The molecule has 0 fully saturated rings. The third-order valence-corrected chi connectivity index (χ3v) is 4.42. The molecule has 1 aromatic heterocycles. The van der Waals surface area contributed by atoms with Crippen LogP contribution in [0, 0.1) is 0 Å². The van der Waals surface area contributed by atoms with Crippen molar-refractivity contribution in [1.82, 2.24) is 14.7 Å². The van der Waals surface area contributed by atoms with E-state index >= 15 is 0 Å². The van der Waals surface area contributed by atoms with Crippen LogP contribution in [0.5, 0.6) is 0 Å². The van der Waals surface area contributed by atoms with E-state index in [2.05, 4.69) is 30.6 Å². The van der Waals surface area contributed by atoms with Crippen molar-refractivity contribution < 1.29 is 8.42 Å². The fourth-order valence-electron chi connectivity index (χ4n) is 1.43. The number of rotatable bonds is 7. The number of hydrogen-bond donors (Lipinski definition) is 2. The quantitative estimate of drug-likeness (QED) is 0.751. The third kappa shape index (κ3) is 4.40. The van der Waals surface area contributed by atoms with Crippen molar-refractivity contribution in [2.45, 2.75) is 44.2 Å². The lowest BCUT2D eigenvalue weighted by molar-refractivity contribution is 0.542. The highest BCUT2D eigenvalue weighted by Gasteiger charge is 2.19. The average molecular weight is 324 g/mol. The molecule has 0 radical (unpaired) electrons. The summed E-state index contributed by atoms with van der Waals surface area (Å²) in [6, 6.07) is -0.0778. The summed E-state index contributed by atoms with van der Waals surface area (Å²) in [6.07, 6.45) is 3.79. The number of sulfonamides is 1. The van der Waals surface area contributed by atoms with Crippen molar-refractivity contribution in [3.05, 3.63) is 12.0 Å². The maximum Gasteiger partial charge on any atom is 0.257 e. The highest BCUT2D eigenvalue weighted by molar-refractivity contribution is 9.09. The van der Waals surface area contributed by atoms with Crippen LogP contribution >= 0.6 is 15.9 Å². The van der Waals surface area contributed by atoms with Crippen LogP contribution in [0.2, 0.25) is 0 Å². The Hall–Kier alpha value is -0.400. The molecule has 2 N–H and O–H groups in total. The lowest BCUT2D eigenvalue weighted by Crippen LogP contribution is -2.32. The molecule has 0 aliphatic rings. The van der Waals surface area contributed by atoms with Gasteiger partial charge in [0.15, 0.2) is 5.03 Å². The summed E-state index contributed by atoms with van der Waals surface area (Å²) in [4.78, 5) is 6.78. The minimum absolute atomic E-state index is 0.0778. The van der Waals surface area contributed by atoms with Gasteiger partial charge in [0.25, 0.3) is 10.0 Å². The summed E-state index contributed by atoms with van der Waals surface area (Å²) < 4.78 is 26.5. The molecule has 7 heteroatoms. The van der Waals surface area contributed by atoms with Gasteiger partial charge >= 0.3 is 0 Å². The van der Waals surface area contributed by atoms with Crippen LogP contribution in [0.3, 0.4) is 0 Å². The first-order chi connectivity index (χ1) is 7.99. The van der Waals surface area contributed by atoms with Gasteiger partial charge in [-0.1, -0.05) is 22.9 Å². The first-order valence-corrected chi connectivity index (χ1v) is 8.22. The standard InChI is InChI=1S/C10H18BrN3O2S/c1-3-9-12-7-10(13-9)17(15,16)14-8(2)5-4-6-11/h7-8,14H,3-6H2,1-2H3,(H,12,13). The predicted molar refractivity (Wildman–Crippen MR) is 70.8 cm³/mol. The van der Waals surface area contributed by atoms with E-state index in [1.807, 2.05) is 13.8 Å². The Morgan fingerprint density at radius 1 is 1.59 bits per heavy atom. The van der Waals surface area contributed by atoms with E-state index in [1.165, 1.54) is 6.20 Å². The van der Waals surface area contributed by atoms with Crippen LogP contribution in [-0.4, -0.2) is 29.8 Å². The average Bonchev–Trinajstić information content (AvgIpc) is 2.75. The van der Waals surface area contributed by atoms with Crippen LogP contribution in [0.15, 0.2) is 11.2 Å². The molecule has 1 heterocycles. The molecule has 1 unspecified atom stereocenters. The van der Waals surface area contributed by atoms with E-state index in [0.717, 1.165) is 18.2 Å². The summed E-state index contributed by atoms with van der Waals surface area (Å²) in [5, 5.41) is 1.02. The van der Waals surface area contributed by atoms with Gasteiger partial charge in [0.2, 0.25) is 0 Å². The summed E-state index contributed by atoms with van der Waals surface area (Å²) in [6.45, 7) is 3.78. The smallest absolute Gasteiger partial charge is 0.257 e. The number of aromatic amines is 1. The largest absolute Gasteiger partial charge is 0.332 e. The molecule has 5 nitrogen and oxygen atoms in total. The molecule has 0 spiro atoms.